The molecule has 3 aromatic carbocycles. The van der Waals surface area contributed by atoms with Crippen molar-refractivity contribution in [3.63, 3.8) is 0 Å². The number of ether oxygens (including phenoxy) is 1. The average Bonchev–Trinajstić information content (AvgIpc) is 3.30. The van der Waals surface area contributed by atoms with Crippen LogP contribution in [0.15, 0.2) is 71.7 Å². The second-order valence-electron chi connectivity index (χ2n) is 10.6. The first-order chi connectivity index (χ1) is 21.1. The molecule has 4 aromatic rings. The van der Waals surface area contributed by atoms with E-state index < -0.39 is 17.8 Å². The summed E-state index contributed by atoms with van der Waals surface area (Å²) in [6, 6.07) is 19.2. The van der Waals surface area contributed by atoms with Crippen LogP contribution < -0.4 is 0 Å². The van der Waals surface area contributed by atoms with Crippen molar-refractivity contribution in [2.75, 3.05) is 39.8 Å². The maximum Gasteiger partial charge on any atom is 0.338 e. The van der Waals surface area contributed by atoms with Crippen LogP contribution in [0, 0.1) is 6.92 Å². The van der Waals surface area contributed by atoms with Crippen LogP contribution in [-0.2, 0) is 9.53 Å². The molecule has 1 aliphatic rings. The van der Waals surface area contributed by atoms with Gasteiger partial charge in [-0.2, -0.15) is 0 Å². The lowest BCUT2D eigenvalue weighted by molar-refractivity contribution is -0.138. The predicted octanol–water partition coefficient (Wildman–Crippen LogP) is 4.11. The number of rotatable bonds is 7. The normalized spacial score (nSPS) is 14.1. The number of esters is 1. The van der Waals surface area contributed by atoms with E-state index in [4.69, 9.17) is 14.8 Å². The molecule has 1 fully saturated rings. The third kappa shape index (κ3) is 5.95. The van der Waals surface area contributed by atoms with Gasteiger partial charge in [-0.3, -0.25) is 23.9 Å². The molecule has 11 heteroatoms. The number of aliphatic imine (C=N–C) groups is 1. The molecular formula is C33H32N4O7. The van der Waals surface area contributed by atoms with E-state index in [1.807, 2.05) is 30.3 Å². The fourth-order valence-corrected chi connectivity index (χ4v) is 5.46. The Morgan fingerprint density at radius 2 is 1.57 bits per heavy atom. The fourth-order valence-electron chi connectivity index (χ4n) is 5.46. The number of amides is 1. The van der Waals surface area contributed by atoms with Crippen molar-refractivity contribution >= 4 is 46.1 Å². The zero-order valence-corrected chi connectivity index (χ0v) is 24.6. The van der Waals surface area contributed by atoms with Gasteiger partial charge in [0.25, 0.3) is 5.91 Å². The van der Waals surface area contributed by atoms with Gasteiger partial charge < -0.3 is 19.8 Å². The number of fused-ring (bicyclic) bond motifs is 1. The summed E-state index contributed by atoms with van der Waals surface area (Å²) in [7, 11) is 1.28. The fraction of sp³-hybridized carbons (Fsp3) is 0.242. The standard InChI is InChI=1S/C33H32N4O7/c1-20-17-26-27(18-25(20)33(43)44-3)37(21(2)38)32(42)29(26)30(22-7-5-4-6-8-22)34-24-11-9-23(10-12-24)31(41)36-15-13-35(14-16-36)19-28(39)40/h4-12,17-18,42H,13-16,19H2,1-3H3,(H,39,40). The van der Waals surface area contributed by atoms with Crippen molar-refractivity contribution in [3.8, 4) is 5.88 Å². The molecule has 0 atom stereocenters. The highest BCUT2D eigenvalue weighted by molar-refractivity contribution is 6.23. The molecule has 5 rings (SSSR count). The summed E-state index contributed by atoms with van der Waals surface area (Å²) in [6.45, 7) is 4.85. The van der Waals surface area contributed by atoms with Crippen LogP contribution in [0.3, 0.4) is 0 Å². The van der Waals surface area contributed by atoms with Gasteiger partial charge >= 0.3 is 11.9 Å². The SMILES string of the molecule is COC(=O)c1cc2c(cc1C)c(C(=Nc1ccc(C(=O)N3CCN(CC(=O)O)CC3)cc1)c1ccccc1)c(O)n2C(C)=O. The minimum absolute atomic E-state index is 0.0505. The van der Waals surface area contributed by atoms with Crippen LogP contribution in [0.2, 0.25) is 0 Å². The van der Waals surface area contributed by atoms with Crippen molar-refractivity contribution in [1.82, 2.24) is 14.4 Å². The number of benzene rings is 3. The molecular weight excluding hydrogens is 564 g/mol. The van der Waals surface area contributed by atoms with E-state index in [0.29, 0.717) is 70.7 Å². The molecule has 226 valence electrons. The van der Waals surface area contributed by atoms with E-state index in [-0.39, 0.29) is 23.9 Å². The zero-order chi connectivity index (χ0) is 31.5. The number of carbonyl (C=O) groups excluding carboxylic acids is 3. The number of aliphatic carboxylic acids is 1. The quantitative estimate of drug-likeness (QED) is 0.240. The Bertz CT molecular complexity index is 1780. The van der Waals surface area contributed by atoms with Gasteiger partial charge in [0.2, 0.25) is 11.8 Å². The Morgan fingerprint density at radius 1 is 0.909 bits per heavy atom. The summed E-state index contributed by atoms with van der Waals surface area (Å²) >= 11 is 0. The lowest BCUT2D eigenvalue weighted by atomic mass is 9.98. The van der Waals surface area contributed by atoms with Crippen LogP contribution in [0.5, 0.6) is 5.88 Å². The summed E-state index contributed by atoms with van der Waals surface area (Å²) in [5, 5.41) is 21.0. The molecule has 2 N–H and O–H groups in total. The molecule has 1 amide bonds. The number of carboxylic acid groups (broad SMARTS) is 1. The number of carboxylic acids is 1. The Labute approximate surface area is 253 Å². The zero-order valence-electron chi connectivity index (χ0n) is 24.6. The molecule has 11 nitrogen and oxygen atoms in total. The smallest absolute Gasteiger partial charge is 0.338 e. The van der Waals surface area contributed by atoms with E-state index in [2.05, 4.69) is 0 Å². The maximum absolute atomic E-state index is 13.1. The molecule has 0 spiro atoms. The number of carbonyl (C=O) groups is 4. The van der Waals surface area contributed by atoms with Gasteiger partial charge in [0, 0.05) is 49.6 Å². The van der Waals surface area contributed by atoms with Gasteiger partial charge in [-0.15, -0.1) is 0 Å². The second-order valence-corrected chi connectivity index (χ2v) is 10.6. The number of aromatic nitrogens is 1. The van der Waals surface area contributed by atoms with Crippen LogP contribution >= 0.6 is 0 Å². The molecule has 1 aromatic heterocycles. The molecule has 44 heavy (non-hydrogen) atoms. The van der Waals surface area contributed by atoms with E-state index in [1.165, 1.54) is 20.1 Å². The summed E-state index contributed by atoms with van der Waals surface area (Å²) in [5.41, 5.74) is 3.59. The van der Waals surface area contributed by atoms with Gasteiger partial charge in [-0.1, -0.05) is 30.3 Å². The number of hydrogen-bond acceptors (Lipinski definition) is 8. The predicted molar refractivity (Wildman–Crippen MR) is 164 cm³/mol. The average molecular weight is 597 g/mol. The Kier molecular flexibility index (Phi) is 8.59. The Morgan fingerprint density at radius 3 is 2.16 bits per heavy atom. The van der Waals surface area contributed by atoms with Crippen molar-refractivity contribution in [3.05, 3.63) is 94.5 Å². The maximum atomic E-state index is 13.1. The second kappa shape index (κ2) is 12.5. The van der Waals surface area contributed by atoms with Gasteiger partial charge in [-0.25, -0.2) is 9.79 Å². The van der Waals surface area contributed by atoms with E-state index in [9.17, 15) is 24.3 Å². The van der Waals surface area contributed by atoms with Crippen molar-refractivity contribution < 1.29 is 34.1 Å². The number of nitrogens with zero attached hydrogens (tertiary/aromatic N) is 4. The van der Waals surface area contributed by atoms with Crippen molar-refractivity contribution in [1.29, 1.82) is 0 Å². The number of methoxy groups -OCH3 is 1. The van der Waals surface area contributed by atoms with Crippen LogP contribution in [0.1, 0.15) is 49.1 Å². The van der Waals surface area contributed by atoms with Gasteiger partial charge in [0.15, 0.2) is 0 Å². The lowest BCUT2D eigenvalue weighted by Gasteiger charge is -2.33. The first-order valence-corrected chi connectivity index (χ1v) is 14.0. The number of aryl methyl sites for hydroxylation is 1. The number of aromatic hydroxyl groups is 1. The first kappa shape index (κ1) is 30.2. The molecule has 0 aliphatic carbocycles. The molecule has 2 heterocycles. The monoisotopic (exact) mass is 596 g/mol. The van der Waals surface area contributed by atoms with Crippen LogP contribution in [-0.4, -0.2) is 93.9 Å². The Balaban J connectivity index is 1.55. The number of piperazine rings is 1. The van der Waals surface area contributed by atoms with Gasteiger partial charge in [-0.05, 0) is 48.9 Å². The van der Waals surface area contributed by atoms with Crippen LogP contribution in [0.4, 0.5) is 5.69 Å². The molecule has 1 saturated heterocycles. The minimum atomic E-state index is -0.893. The number of hydrogen-bond donors (Lipinski definition) is 2. The third-order valence-corrected chi connectivity index (χ3v) is 7.67. The molecule has 0 bridgehead atoms. The van der Waals surface area contributed by atoms with Crippen LogP contribution in [0.25, 0.3) is 10.9 Å². The van der Waals surface area contributed by atoms with E-state index >= 15 is 0 Å². The first-order valence-electron chi connectivity index (χ1n) is 14.0. The lowest BCUT2D eigenvalue weighted by Crippen LogP contribution is -2.49. The highest BCUT2D eigenvalue weighted by atomic mass is 16.5. The summed E-state index contributed by atoms with van der Waals surface area (Å²) in [6.07, 6.45) is 0. The topological polar surface area (TPSA) is 142 Å². The van der Waals surface area contributed by atoms with Crippen molar-refractivity contribution in [2.45, 2.75) is 13.8 Å². The van der Waals surface area contributed by atoms with Gasteiger partial charge in [0.1, 0.15) is 0 Å². The molecule has 0 radical (unpaired) electrons. The summed E-state index contributed by atoms with van der Waals surface area (Å²) < 4.78 is 6.06. The van der Waals surface area contributed by atoms with Gasteiger partial charge in [0.05, 0.1) is 41.7 Å². The minimum Gasteiger partial charge on any atom is -0.494 e. The molecule has 1 aliphatic heterocycles. The highest BCUT2D eigenvalue weighted by Crippen LogP contribution is 2.36. The van der Waals surface area contributed by atoms with Crippen molar-refractivity contribution in [2.24, 2.45) is 4.99 Å². The summed E-state index contributed by atoms with van der Waals surface area (Å²) in [4.78, 5) is 57.7. The van der Waals surface area contributed by atoms with E-state index in [0.717, 1.165) is 4.57 Å². The Hall–Kier alpha value is -5.29. The largest absolute Gasteiger partial charge is 0.494 e. The van der Waals surface area contributed by atoms with E-state index in [1.54, 1.807) is 47.1 Å². The molecule has 0 saturated carbocycles. The third-order valence-electron chi connectivity index (χ3n) is 7.67. The molecule has 0 unspecified atom stereocenters. The summed E-state index contributed by atoms with van der Waals surface area (Å²) in [5.74, 6) is -2.37. The highest BCUT2D eigenvalue weighted by Gasteiger charge is 2.27.